The summed E-state index contributed by atoms with van der Waals surface area (Å²) in [4.78, 5) is 32.1. The summed E-state index contributed by atoms with van der Waals surface area (Å²) in [5.41, 5.74) is 4.12. The van der Waals surface area contributed by atoms with Crippen LogP contribution in [0.4, 0.5) is 0 Å². The van der Waals surface area contributed by atoms with Gasteiger partial charge in [-0.15, -0.1) is 11.3 Å². The molecule has 1 N–H and O–H groups in total. The monoisotopic (exact) mass is 428 g/mol. The molecule has 1 aliphatic carbocycles. The quantitative estimate of drug-likeness (QED) is 0.505. The van der Waals surface area contributed by atoms with Gasteiger partial charge in [-0.25, -0.2) is 10.4 Å². The Morgan fingerprint density at radius 2 is 2.24 bits per heavy atom. The number of carbonyl (C=O) groups is 1. The predicted molar refractivity (Wildman–Crippen MR) is 117 cm³/mol. The Morgan fingerprint density at radius 1 is 1.45 bits per heavy atom. The third-order valence-corrected chi connectivity index (χ3v) is 6.83. The molecule has 1 amide bonds. The van der Waals surface area contributed by atoms with Gasteiger partial charge in [0.05, 0.1) is 17.9 Å². The lowest BCUT2D eigenvalue weighted by atomic mass is 9.89. The number of nitrogens with one attached hydrogen (secondary N) is 1. The SMILES string of the molecule is CC1CCc2c(sc3ncn(C(C)C(=O)NN=Cc4ccccc4Cl)c(=O)c23)C1. The Hall–Kier alpha value is -2.51. The number of thiophene rings is 1. The van der Waals surface area contributed by atoms with Crippen molar-refractivity contribution in [3.05, 3.63) is 62.0 Å². The zero-order valence-corrected chi connectivity index (χ0v) is 17.8. The fourth-order valence-corrected chi connectivity index (χ4v) is 5.11. The number of hydrazone groups is 1. The first kappa shape index (κ1) is 19.8. The minimum atomic E-state index is -0.735. The second-order valence-corrected chi connectivity index (χ2v) is 8.91. The maximum atomic E-state index is 13.1. The molecule has 0 radical (unpaired) electrons. The highest BCUT2D eigenvalue weighted by Crippen LogP contribution is 2.35. The lowest BCUT2D eigenvalue weighted by Crippen LogP contribution is -2.34. The summed E-state index contributed by atoms with van der Waals surface area (Å²) < 4.78 is 1.38. The zero-order valence-electron chi connectivity index (χ0n) is 16.2. The minimum Gasteiger partial charge on any atom is -0.286 e. The Kier molecular flexibility index (Phi) is 5.52. The maximum Gasteiger partial charge on any atom is 0.263 e. The van der Waals surface area contributed by atoms with E-state index in [2.05, 4.69) is 22.4 Å². The second-order valence-electron chi connectivity index (χ2n) is 7.42. The Morgan fingerprint density at radius 3 is 3.03 bits per heavy atom. The average Bonchev–Trinajstić information content (AvgIpc) is 3.07. The van der Waals surface area contributed by atoms with Gasteiger partial charge in [-0.1, -0.05) is 36.7 Å². The smallest absolute Gasteiger partial charge is 0.263 e. The molecule has 1 aliphatic rings. The van der Waals surface area contributed by atoms with Gasteiger partial charge in [0.15, 0.2) is 0 Å². The Balaban J connectivity index is 1.57. The number of fused-ring (bicyclic) bond motifs is 3. The molecule has 1 aromatic carbocycles. The van der Waals surface area contributed by atoms with Crippen molar-refractivity contribution in [3.8, 4) is 0 Å². The van der Waals surface area contributed by atoms with Gasteiger partial charge in [-0.05, 0) is 43.7 Å². The molecular formula is C21H21ClN4O2S. The molecule has 2 atom stereocenters. The lowest BCUT2D eigenvalue weighted by Gasteiger charge is -2.18. The number of hydrogen-bond donors (Lipinski definition) is 1. The number of halogens is 1. The molecule has 150 valence electrons. The molecule has 4 rings (SSSR count). The molecular weight excluding hydrogens is 408 g/mol. The van der Waals surface area contributed by atoms with Gasteiger partial charge in [0.1, 0.15) is 10.9 Å². The van der Waals surface area contributed by atoms with Crippen molar-refractivity contribution in [3.63, 3.8) is 0 Å². The van der Waals surface area contributed by atoms with E-state index in [4.69, 9.17) is 11.6 Å². The second kappa shape index (κ2) is 8.08. The average molecular weight is 429 g/mol. The van der Waals surface area contributed by atoms with E-state index in [1.807, 2.05) is 12.1 Å². The Bertz CT molecular complexity index is 1170. The van der Waals surface area contributed by atoms with Crippen LogP contribution in [0.15, 0.2) is 40.5 Å². The number of benzene rings is 1. The van der Waals surface area contributed by atoms with Crippen LogP contribution >= 0.6 is 22.9 Å². The molecule has 0 spiro atoms. The standard InChI is InChI=1S/C21H21ClN4O2S/c1-12-7-8-15-17(9-12)29-20-18(15)21(28)26(11-23-20)13(2)19(27)25-24-10-14-5-3-4-6-16(14)22/h3-6,10-13H,7-9H2,1-2H3,(H,25,27). The highest BCUT2D eigenvalue weighted by Gasteiger charge is 2.25. The number of rotatable bonds is 4. The number of amides is 1. The third-order valence-electron chi connectivity index (χ3n) is 5.32. The van der Waals surface area contributed by atoms with Crippen molar-refractivity contribution in [2.45, 2.75) is 39.2 Å². The summed E-state index contributed by atoms with van der Waals surface area (Å²) >= 11 is 7.67. The first-order valence-electron chi connectivity index (χ1n) is 9.54. The largest absolute Gasteiger partial charge is 0.286 e. The topological polar surface area (TPSA) is 76.3 Å². The molecule has 2 aromatic heterocycles. The molecule has 29 heavy (non-hydrogen) atoms. The molecule has 0 bridgehead atoms. The molecule has 3 aromatic rings. The van der Waals surface area contributed by atoms with Gasteiger partial charge in [-0.2, -0.15) is 5.10 Å². The van der Waals surface area contributed by atoms with Gasteiger partial charge in [0.2, 0.25) is 0 Å². The Labute approximate surface area is 177 Å². The molecule has 2 heterocycles. The summed E-state index contributed by atoms with van der Waals surface area (Å²) in [5, 5.41) is 5.17. The molecule has 8 heteroatoms. The van der Waals surface area contributed by atoms with Gasteiger partial charge in [0.25, 0.3) is 11.5 Å². The summed E-state index contributed by atoms with van der Waals surface area (Å²) in [7, 11) is 0. The number of carbonyl (C=O) groups excluding carboxylic acids is 1. The van der Waals surface area contributed by atoms with E-state index in [0.717, 1.165) is 29.7 Å². The summed E-state index contributed by atoms with van der Waals surface area (Å²) in [6.07, 6.45) is 5.88. The fourth-order valence-electron chi connectivity index (χ4n) is 3.58. The van der Waals surface area contributed by atoms with E-state index in [9.17, 15) is 9.59 Å². The first-order valence-corrected chi connectivity index (χ1v) is 10.7. The first-order chi connectivity index (χ1) is 14.0. The van der Waals surface area contributed by atoms with E-state index in [1.54, 1.807) is 30.4 Å². The summed E-state index contributed by atoms with van der Waals surface area (Å²) in [6.45, 7) is 3.89. The van der Waals surface area contributed by atoms with Crippen LogP contribution in [0.1, 0.15) is 42.3 Å². The fraction of sp³-hybridized carbons (Fsp3) is 0.333. The highest BCUT2D eigenvalue weighted by atomic mass is 35.5. The van der Waals surface area contributed by atoms with Crippen molar-refractivity contribution in [2.75, 3.05) is 0 Å². The molecule has 2 unspecified atom stereocenters. The van der Waals surface area contributed by atoms with Crippen LogP contribution in [-0.4, -0.2) is 21.7 Å². The maximum absolute atomic E-state index is 13.1. The number of nitrogens with zero attached hydrogens (tertiary/aromatic N) is 3. The van der Waals surface area contributed by atoms with Crippen LogP contribution in [0.25, 0.3) is 10.2 Å². The number of aryl methyl sites for hydroxylation is 1. The summed E-state index contributed by atoms with van der Waals surface area (Å²) in [5.74, 6) is 0.229. The van der Waals surface area contributed by atoms with Gasteiger partial charge < -0.3 is 0 Å². The zero-order chi connectivity index (χ0) is 20.5. The number of hydrogen-bond acceptors (Lipinski definition) is 5. The van der Waals surface area contributed by atoms with Crippen LogP contribution in [0.3, 0.4) is 0 Å². The minimum absolute atomic E-state index is 0.167. The van der Waals surface area contributed by atoms with Crippen molar-refractivity contribution in [1.29, 1.82) is 0 Å². The van der Waals surface area contributed by atoms with E-state index in [-0.39, 0.29) is 5.56 Å². The van der Waals surface area contributed by atoms with E-state index in [1.165, 1.54) is 22.0 Å². The molecule has 0 saturated heterocycles. The van der Waals surface area contributed by atoms with Crippen molar-refractivity contribution < 1.29 is 4.79 Å². The van der Waals surface area contributed by atoms with Crippen molar-refractivity contribution in [1.82, 2.24) is 15.0 Å². The molecule has 0 saturated carbocycles. The normalized spacial score (nSPS) is 17.4. The van der Waals surface area contributed by atoms with Crippen LogP contribution < -0.4 is 11.0 Å². The van der Waals surface area contributed by atoms with Gasteiger partial charge in [-0.3, -0.25) is 14.2 Å². The highest BCUT2D eigenvalue weighted by molar-refractivity contribution is 7.18. The van der Waals surface area contributed by atoms with Crippen molar-refractivity contribution in [2.24, 2.45) is 11.0 Å². The van der Waals surface area contributed by atoms with Gasteiger partial charge >= 0.3 is 0 Å². The van der Waals surface area contributed by atoms with Crippen LogP contribution in [0.5, 0.6) is 0 Å². The van der Waals surface area contributed by atoms with Crippen LogP contribution in [0, 0.1) is 5.92 Å². The summed E-state index contributed by atoms with van der Waals surface area (Å²) in [6, 6.07) is 6.46. The third kappa shape index (κ3) is 3.84. The van der Waals surface area contributed by atoms with Gasteiger partial charge in [0, 0.05) is 15.5 Å². The van der Waals surface area contributed by atoms with Crippen molar-refractivity contribution >= 4 is 45.3 Å². The van der Waals surface area contributed by atoms with Crippen LogP contribution in [0.2, 0.25) is 5.02 Å². The molecule has 0 fully saturated rings. The van der Waals surface area contributed by atoms with E-state index >= 15 is 0 Å². The molecule has 0 aliphatic heterocycles. The molecule has 6 nitrogen and oxygen atoms in total. The predicted octanol–water partition coefficient (Wildman–Crippen LogP) is 3.95. The van der Waals surface area contributed by atoms with E-state index in [0.29, 0.717) is 21.9 Å². The lowest BCUT2D eigenvalue weighted by molar-refractivity contribution is -0.123. The van der Waals surface area contributed by atoms with E-state index < -0.39 is 11.9 Å². The number of aromatic nitrogens is 2. The van der Waals surface area contributed by atoms with Crippen LogP contribution in [-0.2, 0) is 17.6 Å².